The number of piperidine rings is 1. The van der Waals surface area contributed by atoms with Gasteiger partial charge in [-0.1, -0.05) is 30.3 Å². The molecule has 6 nitrogen and oxygen atoms in total. The molecule has 0 aliphatic carbocycles. The fourth-order valence-corrected chi connectivity index (χ4v) is 4.38. The number of hydrogen-bond donors (Lipinski definition) is 0. The summed E-state index contributed by atoms with van der Waals surface area (Å²) < 4.78 is 36.5. The number of halogens is 3. The molecule has 0 bridgehead atoms. The van der Waals surface area contributed by atoms with Gasteiger partial charge in [-0.2, -0.15) is 5.10 Å². The van der Waals surface area contributed by atoms with Crippen LogP contribution in [-0.2, 0) is 13.2 Å². The van der Waals surface area contributed by atoms with Gasteiger partial charge >= 0.3 is 0 Å². The number of ether oxygens (including phenoxy) is 1. The number of hydrogen-bond acceptors (Lipinski definition) is 4. The van der Waals surface area contributed by atoms with Gasteiger partial charge in [0.05, 0.1) is 24.8 Å². The number of benzene rings is 2. The fourth-order valence-electron chi connectivity index (χ4n) is 4.38. The van der Waals surface area contributed by atoms with Crippen LogP contribution in [0.25, 0.3) is 16.6 Å². The van der Waals surface area contributed by atoms with E-state index >= 15 is 0 Å². The molecular weight excluding hydrogens is 474 g/mol. The Morgan fingerprint density at radius 3 is 2.63 bits per heavy atom. The predicted octanol–water partition coefficient (Wildman–Crippen LogP) is 4.92. The first kappa shape index (κ1) is 24.9. The summed E-state index contributed by atoms with van der Waals surface area (Å²) in [5.74, 6) is -2.09. The molecular formula is C26H27ClF2N4O2. The van der Waals surface area contributed by atoms with Crippen LogP contribution in [0.1, 0.15) is 18.4 Å². The van der Waals surface area contributed by atoms with Gasteiger partial charge in [-0.3, -0.25) is 18.9 Å². The van der Waals surface area contributed by atoms with Gasteiger partial charge in [0.25, 0.3) is 11.5 Å². The van der Waals surface area contributed by atoms with Crippen LogP contribution in [0.15, 0.2) is 77.9 Å². The first-order valence-electron chi connectivity index (χ1n) is 11.4. The molecule has 184 valence electrons. The van der Waals surface area contributed by atoms with Crippen molar-refractivity contribution in [3.63, 3.8) is 0 Å². The second-order valence-corrected chi connectivity index (χ2v) is 8.69. The molecule has 2 aromatic heterocycles. The van der Waals surface area contributed by atoms with E-state index in [0.29, 0.717) is 38.4 Å². The van der Waals surface area contributed by atoms with Crippen molar-refractivity contribution in [2.24, 2.45) is 0 Å². The number of likely N-dealkylation sites (tertiary alicyclic amines) is 1. The molecule has 2 aromatic carbocycles. The summed E-state index contributed by atoms with van der Waals surface area (Å²) >= 11 is 0. The van der Waals surface area contributed by atoms with E-state index in [4.69, 9.17) is 4.74 Å². The van der Waals surface area contributed by atoms with Crippen LogP contribution in [0, 0.1) is 0 Å². The monoisotopic (exact) mass is 500 g/mol. The summed E-state index contributed by atoms with van der Waals surface area (Å²) in [6.45, 7) is 1.95. The molecule has 0 radical (unpaired) electrons. The van der Waals surface area contributed by atoms with E-state index in [9.17, 15) is 13.6 Å². The molecule has 1 fully saturated rings. The highest BCUT2D eigenvalue weighted by Crippen LogP contribution is 2.26. The van der Waals surface area contributed by atoms with E-state index in [2.05, 4.69) is 5.10 Å². The summed E-state index contributed by atoms with van der Waals surface area (Å²) in [6, 6.07) is 18.7. The smallest absolute Gasteiger partial charge is 0.260 e. The molecule has 0 atom stereocenters. The van der Waals surface area contributed by atoms with Gasteiger partial charge in [-0.25, -0.2) is 8.78 Å². The van der Waals surface area contributed by atoms with E-state index in [-0.39, 0.29) is 30.9 Å². The largest absolute Gasteiger partial charge is 0.489 e. The number of pyridine rings is 1. The molecule has 0 amide bonds. The van der Waals surface area contributed by atoms with E-state index < -0.39 is 5.92 Å². The average Bonchev–Trinajstić information content (AvgIpc) is 3.24. The van der Waals surface area contributed by atoms with Gasteiger partial charge < -0.3 is 4.74 Å². The topological polar surface area (TPSA) is 52.3 Å². The van der Waals surface area contributed by atoms with Gasteiger partial charge in [0.2, 0.25) is 0 Å². The number of fused-ring (bicyclic) bond motifs is 1. The minimum absolute atomic E-state index is 0. The fraction of sp³-hybridized carbons (Fsp3) is 0.308. The molecule has 1 aliphatic rings. The molecule has 0 unspecified atom stereocenters. The van der Waals surface area contributed by atoms with Gasteiger partial charge in [-0.15, -0.1) is 12.4 Å². The van der Waals surface area contributed by atoms with Crippen molar-refractivity contribution in [3.05, 3.63) is 89.0 Å². The molecule has 0 N–H and O–H groups in total. The zero-order valence-electron chi connectivity index (χ0n) is 19.1. The number of alkyl halides is 2. The Morgan fingerprint density at radius 2 is 1.86 bits per heavy atom. The third-order valence-corrected chi connectivity index (χ3v) is 6.14. The Kier molecular flexibility index (Phi) is 7.52. The van der Waals surface area contributed by atoms with Gasteiger partial charge in [-0.05, 0) is 42.8 Å². The molecule has 0 spiro atoms. The van der Waals surface area contributed by atoms with Crippen LogP contribution in [0.3, 0.4) is 0 Å². The second kappa shape index (κ2) is 10.6. The average molecular weight is 501 g/mol. The first-order chi connectivity index (χ1) is 16.5. The SMILES string of the molecule is Cl.O=c1cc(OCc2ccccc2)ccn1-c1ccc2c(cnn2CCN2CCCC(F)(F)C2)c1. The summed E-state index contributed by atoms with van der Waals surface area (Å²) in [7, 11) is 0. The van der Waals surface area contributed by atoms with E-state index in [0.717, 1.165) is 22.2 Å². The van der Waals surface area contributed by atoms with Crippen molar-refractivity contribution in [1.82, 2.24) is 19.2 Å². The minimum atomic E-state index is -2.60. The normalized spacial score (nSPS) is 15.6. The Morgan fingerprint density at radius 1 is 1.03 bits per heavy atom. The number of aromatic nitrogens is 3. The zero-order chi connectivity index (χ0) is 23.5. The maximum absolute atomic E-state index is 13.7. The molecule has 1 saturated heterocycles. The summed E-state index contributed by atoms with van der Waals surface area (Å²) in [4.78, 5) is 14.5. The van der Waals surface area contributed by atoms with E-state index in [1.807, 2.05) is 53.2 Å². The summed E-state index contributed by atoms with van der Waals surface area (Å²) in [6.07, 6.45) is 3.92. The standard InChI is InChI=1S/C26H26F2N4O2.ClH/c27-26(28)10-4-11-30(19-26)13-14-32-24-8-7-22(15-21(24)17-29-32)31-12-9-23(16-25(31)33)34-18-20-5-2-1-3-6-20;/h1-3,5-9,12,15-17H,4,10-11,13-14,18-19H2;1H. The highest BCUT2D eigenvalue weighted by Gasteiger charge is 2.34. The zero-order valence-corrected chi connectivity index (χ0v) is 20.0. The number of rotatable bonds is 7. The van der Waals surface area contributed by atoms with Crippen molar-refractivity contribution in [3.8, 4) is 11.4 Å². The predicted molar refractivity (Wildman–Crippen MR) is 134 cm³/mol. The molecule has 9 heteroatoms. The summed E-state index contributed by atoms with van der Waals surface area (Å²) in [5, 5.41) is 5.32. The first-order valence-corrected chi connectivity index (χ1v) is 11.4. The lowest BCUT2D eigenvalue weighted by Crippen LogP contribution is -2.43. The third-order valence-electron chi connectivity index (χ3n) is 6.14. The van der Waals surface area contributed by atoms with Gasteiger partial charge in [0.15, 0.2) is 0 Å². The molecule has 4 aromatic rings. The molecule has 5 rings (SSSR count). The van der Waals surface area contributed by atoms with E-state index in [1.54, 1.807) is 27.9 Å². The van der Waals surface area contributed by atoms with Crippen molar-refractivity contribution in [1.29, 1.82) is 0 Å². The summed E-state index contributed by atoms with van der Waals surface area (Å²) in [5.41, 5.74) is 2.47. The van der Waals surface area contributed by atoms with Gasteiger partial charge in [0, 0.05) is 36.3 Å². The molecule has 1 aliphatic heterocycles. The van der Waals surface area contributed by atoms with Crippen LogP contribution in [0.5, 0.6) is 5.75 Å². The quantitative estimate of drug-likeness (QED) is 0.361. The number of nitrogens with zero attached hydrogens (tertiary/aromatic N) is 4. The molecule has 35 heavy (non-hydrogen) atoms. The van der Waals surface area contributed by atoms with E-state index in [1.165, 1.54) is 6.07 Å². The van der Waals surface area contributed by atoms with Crippen LogP contribution < -0.4 is 10.3 Å². The van der Waals surface area contributed by atoms with Crippen molar-refractivity contribution in [2.75, 3.05) is 19.6 Å². The minimum Gasteiger partial charge on any atom is -0.489 e. The Hall–Kier alpha value is -3.23. The van der Waals surface area contributed by atoms with Crippen LogP contribution >= 0.6 is 12.4 Å². The molecule has 0 saturated carbocycles. The second-order valence-electron chi connectivity index (χ2n) is 8.69. The third kappa shape index (κ3) is 5.89. The lowest BCUT2D eigenvalue weighted by atomic mass is 10.1. The van der Waals surface area contributed by atoms with Crippen molar-refractivity contribution < 1.29 is 13.5 Å². The molecule has 3 heterocycles. The van der Waals surface area contributed by atoms with Crippen LogP contribution in [0.4, 0.5) is 8.78 Å². The van der Waals surface area contributed by atoms with Gasteiger partial charge in [0.1, 0.15) is 12.4 Å². The van der Waals surface area contributed by atoms with Crippen LogP contribution in [-0.4, -0.2) is 44.8 Å². The van der Waals surface area contributed by atoms with Crippen LogP contribution in [0.2, 0.25) is 0 Å². The van der Waals surface area contributed by atoms with Crippen molar-refractivity contribution >= 4 is 23.3 Å². The maximum atomic E-state index is 13.7. The highest BCUT2D eigenvalue weighted by molar-refractivity contribution is 5.85. The lowest BCUT2D eigenvalue weighted by molar-refractivity contribution is -0.0645. The lowest BCUT2D eigenvalue weighted by Gasteiger charge is -2.32. The Bertz CT molecular complexity index is 1340. The Balaban J connectivity index is 0.00000289. The highest BCUT2D eigenvalue weighted by atomic mass is 35.5. The van der Waals surface area contributed by atoms with Crippen molar-refractivity contribution in [2.45, 2.75) is 31.9 Å². The maximum Gasteiger partial charge on any atom is 0.260 e. The Labute approximate surface area is 208 Å².